The Hall–Kier alpha value is -1.03. The molecule has 0 unspecified atom stereocenters. The fraction of sp³-hybridized carbons (Fsp3) is 0.500. The van der Waals surface area contributed by atoms with Crippen LogP contribution in [0.15, 0.2) is 24.3 Å². The molecule has 4 heteroatoms. The summed E-state index contributed by atoms with van der Waals surface area (Å²) >= 11 is 0. The molecule has 0 aromatic heterocycles. The topological polar surface area (TPSA) is 60.2 Å². The van der Waals surface area contributed by atoms with Crippen molar-refractivity contribution in [3.63, 3.8) is 0 Å². The number of hydrogen-bond donors (Lipinski definition) is 1. The van der Waals surface area contributed by atoms with E-state index in [2.05, 4.69) is 0 Å². The van der Waals surface area contributed by atoms with Crippen LogP contribution in [0.5, 0.6) is 0 Å². The Labute approximate surface area is 96.6 Å². The predicted octanol–water partition coefficient (Wildman–Crippen LogP) is 2.13. The molecule has 1 aliphatic carbocycles. The van der Waals surface area contributed by atoms with Crippen LogP contribution in [0.25, 0.3) is 0 Å². The van der Waals surface area contributed by atoms with E-state index >= 15 is 0 Å². The van der Waals surface area contributed by atoms with Crippen LogP contribution < -0.4 is 5.73 Å². The van der Waals surface area contributed by atoms with Gasteiger partial charge in [-0.25, -0.2) is 8.42 Å². The quantitative estimate of drug-likeness (QED) is 0.822. The molecule has 0 heterocycles. The van der Waals surface area contributed by atoms with Crippen LogP contribution >= 0.6 is 0 Å². The molecule has 1 saturated carbocycles. The molecule has 0 bridgehead atoms. The highest BCUT2D eigenvalue weighted by Gasteiger charge is 2.28. The van der Waals surface area contributed by atoms with E-state index in [0.717, 1.165) is 31.2 Å². The minimum atomic E-state index is -2.97. The number of anilines is 1. The van der Waals surface area contributed by atoms with Crippen molar-refractivity contribution >= 4 is 15.5 Å². The van der Waals surface area contributed by atoms with Crippen LogP contribution in [0.2, 0.25) is 0 Å². The first kappa shape index (κ1) is 11.5. The molecule has 2 N–H and O–H groups in total. The van der Waals surface area contributed by atoms with Gasteiger partial charge in [-0.3, -0.25) is 0 Å². The Kier molecular flexibility index (Phi) is 3.19. The molecule has 0 atom stereocenters. The van der Waals surface area contributed by atoms with Gasteiger partial charge in [0.25, 0.3) is 0 Å². The van der Waals surface area contributed by atoms with Crippen LogP contribution in [-0.4, -0.2) is 13.7 Å². The summed E-state index contributed by atoms with van der Waals surface area (Å²) in [4.78, 5) is 0. The van der Waals surface area contributed by atoms with Gasteiger partial charge >= 0.3 is 0 Å². The summed E-state index contributed by atoms with van der Waals surface area (Å²) in [6, 6.07) is 7.09. The first-order valence-electron chi connectivity index (χ1n) is 5.64. The van der Waals surface area contributed by atoms with E-state index < -0.39 is 9.84 Å². The molecule has 1 aromatic rings. The minimum absolute atomic E-state index is 0.120. The average Bonchev–Trinajstić information content (AvgIpc) is 2.75. The van der Waals surface area contributed by atoms with E-state index in [0.29, 0.717) is 5.69 Å². The maximum absolute atomic E-state index is 12.1. The van der Waals surface area contributed by atoms with Gasteiger partial charge in [-0.15, -0.1) is 0 Å². The average molecular weight is 239 g/mol. The van der Waals surface area contributed by atoms with Gasteiger partial charge in [0.15, 0.2) is 9.84 Å². The molecular formula is C12H17NO2S. The van der Waals surface area contributed by atoms with Gasteiger partial charge in [-0.2, -0.15) is 0 Å². The summed E-state index contributed by atoms with van der Waals surface area (Å²) in [5, 5.41) is -0.120. The number of rotatable bonds is 3. The lowest BCUT2D eigenvalue weighted by Crippen LogP contribution is -2.19. The Bertz CT molecular complexity index is 444. The summed E-state index contributed by atoms with van der Waals surface area (Å²) in [5.74, 6) is 0.151. The lowest BCUT2D eigenvalue weighted by atomic mass is 10.2. The van der Waals surface area contributed by atoms with E-state index in [-0.39, 0.29) is 11.0 Å². The second-order valence-corrected chi connectivity index (χ2v) is 6.74. The van der Waals surface area contributed by atoms with Crippen LogP contribution in [0.3, 0.4) is 0 Å². The molecule has 2 rings (SSSR count). The molecular weight excluding hydrogens is 222 g/mol. The first-order chi connectivity index (χ1) is 7.58. The Balaban J connectivity index is 2.11. The molecule has 16 heavy (non-hydrogen) atoms. The lowest BCUT2D eigenvalue weighted by Gasteiger charge is -2.10. The molecule has 3 nitrogen and oxygen atoms in total. The van der Waals surface area contributed by atoms with Crippen molar-refractivity contribution in [1.82, 2.24) is 0 Å². The van der Waals surface area contributed by atoms with E-state index in [4.69, 9.17) is 5.73 Å². The summed E-state index contributed by atoms with van der Waals surface area (Å²) < 4.78 is 24.1. The maximum atomic E-state index is 12.1. The number of nitrogens with two attached hydrogens (primary N) is 1. The number of nitrogen functional groups attached to an aromatic ring is 1. The highest BCUT2D eigenvalue weighted by molar-refractivity contribution is 7.91. The second-order valence-electron chi connectivity index (χ2n) is 4.46. The molecule has 0 amide bonds. The van der Waals surface area contributed by atoms with Crippen molar-refractivity contribution in [3.05, 3.63) is 29.8 Å². The summed E-state index contributed by atoms with van der Waals surface area (Å²) in [5.41, 5.74) is 7.07. The standard InChI is InChI=1S/C12H17NO2S/c13-11-7-5-10(6-8-11)9-16(14,15)12-3-1-2-4-12/h5-8,12H,1-4,9,13H2. The van der Waals surface area contributed by atoms with Crippen LogP contribution in [0, 0.1) is 0 Å². The van der Waals surface area contributed by atoms with Crippen molar-refractivity contribution < 1.29 is 8.42 Å². The van der Waals surface area contributed by atoms with Crippen LogP contribution in [0.4, 0.5) is 5.69 Å². The largest absolute Gasteiger partial charge is 0.399 e. The van der Waals surface area contributed by atoms with Crippen LogP contribution in [0.1, 0.15) is 31.2 Å². The van der Waals surface area contributed by atoms with E-state index in [1.54, 1.807) is 24.3 Å². The molecule has 0 spiro atoms. The highest BCUT2D eigenvalue weighted by atomic mass is 32.2. The van der Waals surface area contributed by atoms with E-state index in [1.807, 2.05) is 0 Å². The third-order valence-corrected chi connectivity index (χ3v) is 5.38. The Morgan fingerprint density at radius 1 is 1.12 bits per heavy atom. The van der Waals surface area contributed by atoms with Crippen molar-refractivity contribution in [2.24, 2.45) is 0 Å². The van der Waals surface area contributed by atoms with Gasteiger partial charge in [0.1, 0.15) is 0 Å². The molecule has 88 valence electrons. The smallest absolute Gasteiger partial charge is 0.157 e. The summed E-state index contributed by atoms with van der Waals surface area (Å²) in [7, 11) is -2.97. The molecule has 1 fully saturated rings. The minimum Gasteiger partial charge on any atom is -0.399 e. The fourth-order valence-corrected chi connectivity index (χ4v) is 4.16. The van der Waals surface area contributed by atoms with Gasteiger partial charge in [-0.05, 0) is 30.5 Å². The maximum Gasteiger partial charge on any atom is 0.157 e. The molecule has 1 aliphatic rings. The number of hydrogen-bond acceptors (Lipinski definition) is 3. The zero-order chi connectivity index (χ0) is 11.6. The van der Waals surface area contributed by atoms with Gasteiger partial charge in [0.2, 0.25) is 0 Å². The van der Waals surface area contributed by atoms with Gasteiger partial charge in [-0.1, -0.05) is 25.0 Å². The summed E-state index contributed by atoms with van der Waals surface area (Å²) in [6.07, 6.45) is 3.76. The molecule has 1 aromatic carbocycles. The Morgan fingerprint density at radius 2 is 1.69 bits per heavy atom. The van der Waals surface area contributed by atoms with Crippen molar-refractivity contribution in [1.29, 1.82) is 0 Å². The van der Waals surface area contributed by atoms with E-state index in [9.17, 15) is 8.42 Å². The van der Waals surface area contributed by atoms with E-state index in [1.165, 1.54) is 0 Å². The molecule has 0 saturated heterocycles. The van der Waals surface area contributed by atoms with Crippen molar-refractivity contribution in [2.45, 2.75) is 36.7 Å². The second kappa shape index (κ2) is 4.45. The van der Waals surface area contributed by atoms with Gasteiger partial charge in [0.05, 0.1) is 11.0 Å². The fourth-order valence-electron chi connectivity index (χ4n) is 2.21. The highest BCUT2D eigenvalue weighted by Crippen LogP contribution is 2.27. The third kappa shape index (κ3) is 2.55. The zero-order valence-corrected chi connectivity index (χ0v) is 10.0. The van der Waals surface area contributed by atoms with Crippen molar-refractivity contribution in [2.75, 3.05) is 5.73 Å². The SMILES string of the molecule is Nc1ccc(CS(=O)(=O)C2CCCC2)cc1. The van der Waals surface area contributed by atoms with Crippen molar-refractivity contribution in [3.8, 4) is 0 Å². The van der Waals surface area contributed by atoms with Crippen LogP contribution in [-0.2, 0) is 15.6 Å². The molecule has 0 radical (unpaired) electrons. The number of benzene rings is 1. The Morgan fingerprint density at radius 3 is 2.25 bits per heavy atom. The molecule has 0 aliphatic heterocycles. The zero-order valence-electron chi connectivity index (χ0n) is 9.22. The number of sulfone groups is 1. The first-order valence-corrected chi connectivity index (χ1v) is 7.35. The monoisotopic (exact) mass is 239 g/mol. The van der Waals surface area contributed by atoms with Gasteiger partial charge in [0, 0.05) is 5.69 Å². The predicted molar refractivity (Wildman–Crippen MR) is 65.7 cm³/mol. The lowest BCUT2D eigenvalue weighted by molar-refractivity contribution is 0.579. The van der Waals surface area contributed by atoms with Gasteiger partial charge < -0.3 is 5.73 Å². The summed E-state index contributed by atoms with van der Waals surface area (Å²) in [6.45, 7) is 0. The normalized spacial score (nSPS) is 17.8. The third-order valence-electron chi connectivity index (χ3n) is 3.16.